The highest BCUT2D eigenvalue weighted by atomic mass is 32.1. The van der Waals surface area contributed by atoms with Crippen molar-refractivity contribution < 1.29 is 14.7 Å². The first-order valence-electron chi connectivity index (χ1n) is 4.56. The van der Waals surface area contributed by atoms with E-state index in [0.29, 0.717) is 22.1 Å². The van der Waals surface area contributed by atoms with Crippen molar-refractivity contribution in [3.63, 3.8) is 0 Å². The number of hydrogen-bond donors (Lipinski definition) is 2. The van der Waals surface area contributed by atoms with E-state index >= 15 is 0 Å². The van der Waals surface area contributed by atoms with Gasteiger partial charge in [0, 0.05) is 6.20 Å². The number of carboxylic acids is 1. The van der Waals surface area contributed by atoms with Crippen molar-refractivity contribution in [3.05, 3.63) is 35.0 Å². The zero-order valence-corrected chi connectivity index (χ0v) is 9.27. The number of nitrogens with one attached hydrogen (secondary N) is 1. The lowest BCUT2D eigenvalue weighted by molar-refractivity contribution is 0.0696. The van der Waals surface area contributed by atoms with Gasteiger partial charge in [0.1, 0.15) is 5.82 Å². The van der Waals surface area contributed by atoms with Crippen LogP contribution in [0.5, 0.6) is 0 Å². The number of aromatic carboxylic acids is 1. The molecule has 17 heavy (non-hydrogen) atoms. The number of carbonyl (C=O) groups excluding carboxylic acids is 1. The third-order valence-corrected chi connectivity index (χ3v) is 2.72. The number of hydrogen-bond acceptors (Lipinski definition) is 6. The standard InChI is InChI=1S/C10H7N3O3S/c14-5-7-4-12-10(17-7)13-8-2-1-6(3-11-8)9(15)16/h1-5H,(H,15,16)(H,11,12,13). The van der Waals surface area contributed by atoms with Crippen LogP contribution in [0.25, 0.3) is 0 Å². The van der Waals surface area contributed by atoms with Crippen LogP contribution in [0.1, 0.15) is 20.0 Å². The molecule has 2 aromatic heterocycles. The first-order chi connectivity index (χ1) is 8.19. The zero-order chi connectivity index (χ0) is 12.3. The molecule has 0 unspecified atom stereocenters. The summed E-state index contributed by atoms with van der Waals surface area (Å²) in [5, 5.41) is 12.1. The van der Waals surface area contributed by atoms with E-state index in [9.17, 15) is 9.59 Å². The summed E-state index contributed by atoms with van der Waals surface area (Å²) in [6.07, 6.45) is 3.41. The average Bonchev–Trinajstić information content (AvgIpc) is 2.77. The van der Waals surface area contributed by atoms with Gasteiger partial charge in [-0.2, -0.15) is 0 Å². The van der Waals surface area contributed by atoms with Gasteiger partial charge in [-0.3, -0.25) is 4.79 Å². The summed E-state index contributed by atoms with van der Waals surface area (Å²) < 4.78 is 0. The molecular weight excluding hydrogens is 242 g/mol. The Balaban J connectivity index is 2.13. The Morgan fingerprint density at radius 1 is 1.35 bits per heavy atom. The van der Waals surface area contributed by atoms with Crippen molar-refractivity contribution in [1.29, 1.82) is 0 Å². The first-order valence-corrected chi connectivity index (χ1v) is 5.38. The van der Waals surface area contributed by atoms with Gasteiger partial charge in [-0.15, -0.1) is 0 Å². The minimum Gasteiger partial charge on any atom is -0.478 e. The Morgan fingerprint density at radius 3 is 2.71 bits per heavy atom. The van der Waals surface area contributed by atoms with E-state index in [1.165, 1.54) is 35.9 Å². The maximum absolute atomic E-state index is 10.6. The molecule has 2 aromatic rings. The van der Waals surface area contributed by atoms with Gasteiger partial charge >= 0.3 is 5.97 Å². The van der Waals surface area contributed by atoms with Gasteiger partial charge in [-0.25, -0.2) is 14.8 Å². The number of aldehydes is 1. The Morgan fingerprint density at radius 2 is 2.18 bits per heavy atom. The van der Waals surface area contributed by atoms with Crippen molar-refractivity contribution in [3.8, 4) is 0 Å². The second kappa shape index (κ2) is 4.71. The molecule has 0 atom stereocenters. The van der Waals surface area contributed by atoms with Crippen LogP contribution >= 0.6 is 11.3 Å². The number of carbonyl (C=O) groups is 2. The highest BCUT2D eigenvalue weighted by Crippen LogP contribution is 2.20. The van der Waals surface area contributed by atoms with Gasteiger partial charge in [0.05, 0.1) is 16.6 Å². The molecule has 0 saturated carbocycles. The van der Waals surface area contributed by atoms with Crippen LogP contribution in [-0.2, 0) is 0 Å². The highest BCUT2D eigenvalue weighted by Gasteiger charge is 2.05. The van der Waals surface area contributed by atoms with E-state index in [1.807, 2.05) is 0 Å². The van der Waals surface area contributed by atoms with Crippen LogP contribution < -0.4 is 5.32 Å². The molecule has 86 valence electrons. The fourth-order valence-electron chi connectivity index (χ4n) is 1.10. The van der Waals surface area contributed by atoms with Crippen molar-refractivity contribution in [2.75, 3.05) is 5.32 Å². The minimum absolute atomic E-state index is 0.114. The molecule has 0 radical (unpaired) electrons. The SMILES string of the molecule is O=Cc1cnc(Nc2ccc(C(=O)O)cn2)s1. The van der Waals surface area contributed by atoms with Gasteiger partial charge in [-0.05, 0) is 12.1 Å². The van der Waals surface area contributed by atoms with Crippen LogP contribution in [0, 0.1) is 0 Å². The van der Waals surface area contributed by atoms with Crippen molar-refractivity contribution in [2.45, 2.75) is 0 Å². The van der Waals surface area contributed by atoms with Gasteiger partial charge < -0.3 is 10.4 Å². The van der Waals surface area contributed by atoms with E-state index in [1.54, 1.807) is 0 Å². The number of anilines is 2. The Hall–Kier alpha value is -2.28. The lowest BCUT2D eigenvalue weighted by Crippen LogP contribution is -1.98. The molecule has 0 spiro atoms. The lowest BCUT2D eigenvalue weighted by Gasteiger charge is -2.00. The summed E-state index contributed by atoms with van der Waals surface area (Å²) in [4.78, 5) is 29.4. The summed E-state index contributed by atoms with van der Waals surface area (Å²) in [6, 6.07) is 2.97. The predicted molar refractivity (Wildman–Crippen MR) is 62.0 cm³/mol. The molecule has 0 aliphatic heterocycles. The second-order valence-corrected chi connectivity index (χ2v) is 4.11. The summed E-state index contributed by atoms with van der Waals surface area (Å²) >= 11 is 1.19. The van der Waals surface area contributed by atoms with Gasteiger partial charge in [0.25, 0.3) is 0 Å². The quantitative estimate of drug-likeness (QED) is 0.802. The number of pyridine rings is 1. The molecule has 0 amide bonds. The monoisotopic (exact) mass is 249 g/mol. The smallest absolute Gasteiger partial charge is 0.337 e. The molecule has 0 aliphatic rings. The normalized spacial score (nSPS) is 9.88. The molecule has 0 fully saturated rings. The molecule has 7 heteroatoms. The third kappa shape index (κ3) is 2.64. The van der Waals surface area contributed by atoms with E-state index in [4.69, 9.17) is 5.11 Å². The fraction of sp³-hybridized carbons (Fsp3) is 0. The number of carboxylic acid groups (broad SMARTS) is 1. The van der Waals surface area contributed by atoms with Crippen LogP contribution in [-0.4, -0.2) is 27.3 Å². The maximum Gasteiger partial charge on any atom is 0.337 e. The molecule has 0 aromatic carbocycles. The van der Waals surface area contributed by atoms with Crippen molar-refractivity contribution >= 4 is 34.5 Å². The van der Waals surface area contributed by atoms with Gasteiger partial charge in [0.2, 0.25) is 0 Å². The van der Waals surface area contributed by atoms with Crippen molar-refractivity contribution in [1.82, 2.24) is 9.97 Å². The molecule has 2 rings (SSSR count). The third-order valence-electron chi connectivity index (χ3n) is 1.89. The Kier molecular flexibility index (Phi) is 3.10. The lowest BCUT2D eigenvalue weighted by atomic mass is 10.3. The number of nitrogens with zero attached hydrogens (tertiary/aromatic N) is 2. The molecule has 6 nitrogen and oxygen atoms in total. The summed E-state index contributed by atoms with van der Waals surface area (Å²) in [6.45, 7) is 0. The highest BCUT2D eigenvalue weighted by molar-refractivity contribution is 7.17. The van der Waals surface area contributed by atoms with Crippen molar-refractivity contribution in [2.24, 2.45) is 0 Å². The summed E-state index contributed by atoms with van der Waals surface area (Å²) in [5.74, 6) is -0.552. The van der Waals surface area contributed by atoms with Crippen LogP contribution in [0.2, 0.25) is 0 Å². The number of aromatic nitrogens is 2. The summed E-state index contributed by atoms with van der Waals surface area (Å²) in [7, 11) is 0. The maximum atomic E-state index is 10.6. The molecule has 0 bridgehead atoms. The van der Waals surface area contributed by atoms with Crippen LogP contribution in [0.15, 0.2) is 24.5 Å². The Bertz CT molecular complexity index is 550. The molecule has 2 N–H and O–H groups in total. The second-order valence-electron chi connectivity index (χ2n) is 3.05. The van der Waals surface area contributed by atoms with Gasteiger partial charge in [0.15, 0.2) is 11.4 Å². The molecular formula is C10H7N3O3S. The predicted octanol–water partition coefficient (Wildman–Crippen LogP) is 1.79. The largest absolute Gasteiger partial charge is 0.478 e. The number of thiazole rings is 1. The van der Waals surface area contributed by atoms with E-state index in [-0.39, 0.29) is 5.56 Å². The molecule has 0 saturated heterocycles. The fourth-order valence-corrected chi connectivity index (χ4v) is 1.74. The Labute approximate surface area is 100.0 Å². The topological polar surface area (TPSA) is 92.2 Å². The van der Waals surface area contributed by atoms with E-state index < -0.39 is 5.97 Å². The summed E-state index contributed by atoms with van der Waals surface area (Å²) in [5.41, 5.74) is 0.114. The first kappa shape index (κ1) is 11.2. The molecule has 2 heterocycles. The van der Waals surface area contributed by atoms with Crippen LogP contribution in [0.4, 0.5) is 10.9 Å². The minimum atomic E-state index is -1.03. The van der Waals surface area contributed by atoms with Crippen LogP contribution in [0.3, 0.4) is 0 Å². The van der Waals surface area contributed by atoms with E-state index in [2.05, 4.69) is 15.3 Å². The van der Waals surface area contributed by atoms with Gasteiger partial charge in [-0.1, -0.05) is 11.3 Å². The zero-order valence-electron chi connectivity index (χ0n) is 8.45. The number of rotatable bonds is 4. The molecule has 0 aliphatic carbocycles. The average molecular weight is 249 g/mol. The van der Waals surface area contributed by atoms with E-state index in [0.717, 1.165) is 0 Å².